The number of fused-ring (bicyclic) bond motifs is 1. The summed E-state index contributed by atoms with van der Waals surface area (Å²) in [6.07, 6.45) is 7.59. The van der Waals surface area contributed by atoms with Crippen molar-refractivity contribution in [1.82, 2.24) is 19.9 Å². The minimum absolute atomic E-state index is 0.154. The maximum absolute atomic E-state index is 9.24. The topological polar surface area (TPSA) is 87.1 Å². The van der Waals surface area contributed by atoms with Crippen LogP contribution < -0.4 is 4.74 Å². The van der Waals surface area contributed by atoms with Crippen LogP contribution in [0.4, 0.5) is 0 Å². The van der Waals surface area contributed by atoms with Gasteiger partial charge in [0.1, 0.15) is 24.1 Å². The predicted octanol–water partition coefficient (Wildman–Crippen LogP) is 1.85. The number of ether oxygens (including phenoxy) is 2. The van der Waals surface area contributed by atoms with Crippen molar-refractivity contribution in [3.8, 4) is 11.9 Å². The summed E-state index contributed by atoms with van der Waals surface area (Å²) in [6, 6.07) is 2.81. The van der Waals surface area contributed by atoms with Gasteiger partial charge >= 0.3 is 0 Å². The quantitative estimate of drug-likeness (QED) is 0.926. The maximum Gasteiger partial charge on any atom is 0.227 e. The molecule has 2 fully saturated rings. The predicted molar refractivity (Wildman–Crippen MR) is 87.7 cm³/mol. The van der Waals surface area contributed by atoms with Crippen LogP contribution in [0.15, 0.2) is 12.5 Å². The van der Waals surface area contributed by atoms with E-state index in [2.05, 4.69) is 25.9 Å². The van der Waals surface area contributed by atoms with Crippen molar-refractivity contribution >= 4 is 11.0 Å². The van der Waals surface area contributed by atoms with E-state index in [1.165, 1.54) is 6.33 Å². The van der Waals surface area contributed by atoms with E-state index in [-0.39, 0.29) is 6.10 Å². The van der Waals surface area contributed by atoms with Crippen molar-refractivity contribution < 1.29 is 9.47 Å². The fourth-order valence-electron chi connectivity index (χ4n) is 3.74. The third kappa shape index (κ3) is 2.95. The number of nitrogens with one attached hydrogen (secondary N) is 1. The molecular weight excluding hydrogens is 306 g/mol. The molecule has 1 aliphatic heterocycles. The van der Waals surface area contributed by atoms with E-state index < -0.39 is 0 Å². The fourth-order valence-corrected chi connectivity index (χ4v) is 3.74. The molecule has 2 aromatic rings. The number of hydrogen-bond acceptors (Lipinski definition) is 6. The first-order chi connectivity index (χ1) is 11.8. The van der Waals surface area contributed by atoms with Crippen LogP contribution >= 0.6 is 0 Å². The van der Waals surface area contributed by atoms with Crippen molar-refractivity contribution in [2.75, 3.05) is 26.3 Å². The van der Waals surface area contributed by atoms with Gasteiger partial charge in [0.25, 0.3) is 0 Å². The molecular formula is C17H21N5O2. The number of hydrogen-bond donors (Lipinski definition) is 1. The van der Waals surface area contributed by atoms with Gasteiger partial charge in [-0.3, -0.25) is 4.90 Å². The van der Waals surface area contributed by atoms with Crippen molar-refractivity contribution in [2.24, 2.45) is 0 Å². The van der Waals surface area contributed by atoms with Crippen molar-refractivity contribution in [3.05, 3.63) is 18.1 Å². The third-order valence-electron chi connectivity index (χ3n) is 5.04. The first kappa shape index (κ1) is 15.4. The van der Waals surface area contributed by atoms with Gasteiger partial charge in [0.15, 0.2) is 0 Å². The van der Waals surface area contributed by atoms with Crippen LogP contribution in [-0.4, -0.2) is 58.3 Å². The van der Waals surface area contributed by atoms with Gasteiger partial charge in [-0.25, -0.2) is 9.97 Å². The van der Waals surface area contributed by atoms with Crippen molar-refractivity contribution in [3.63, 3.8) is 0 Å². The van der Waals surface area contributed by atoms with E-state index >= 15 is 0 Å². The lowest BCUT2D eigenvalue weighted by Gasteiger charge is -2.38. The Balaban J connectivity index is 1.42. The summed E-state index contributed by atoms with van der Waals surface area (Å²) in [5.74, 6) is 0.521. The lowest BCUT2D eigenvalue weighted by molar-refractivity contribution is -0.00126. The molecule has 0 bridgehead atoms. The average molecular weight is 327 g/mol. The Morgan fingerprint density at radius 2 is 2.00 bits per heavy atom. The second-order valence-electron chi connectivity index (χ2n) is 6.41. The SMILES string of the molecule is N#Cc1c[nH]c2ncnc(OC3CCC(N4CCOCC4)CC3)c12. The second-order valence-corrected chi connectivity index (χ2v) is 6.41. The lowest BCUT2D eigenvalue weighted by atomic mass is 9.91. The highest BCUT2D eigenvalue weighted by atomic mass is 16.5. The number of nitriles is 1. The molecule has 0 amide bonds. The van der Waals surface area contributed by atoms with E-state index in [4.69, 9.17) is 9.47 Å². The molecule has 1 N–H and O–H groups in total. The minimum Gasteiger partial charge on any atom is -0.474 e. The van der Waals surface area contributed by atoms with E-state index in [1.54, 1.807) is 6.20 Å². The number of aromatic amines is 1. The van der Waals surface area contributed by atoms with E-state index in [9.17, 15) is 5.26 Å². The second kappa shape index (κ2) is 6.75. The summed E-state index contributed by atoms with van der Waals surface area (Å²) in [6.45, 7) is 3.77. The Labute approximate surface area is 140 Å². The molecule has 0 radical (unpaired) electrons. The number of morpholine rings is 1. The Hall–Kier alpha value is -2.17. The molecule has 126 valence electrons. The summed E-state index contributed by atoms with van der Waals surface area (Å²) in [7, 11) is 0. The molecule has 0 unspecified atom stereocenters. The van der Waals surface area contributed by atoms with Gasteiger partial charge in [0, 0.05) is 25.3 Å². The average Bonchev–Trinajstić information content (AvgIpc) is 3.07. The number of nitrogens with zero attached hydrogens (tertiary/aromatic N) is 4. The van der Waals surface area contributed by atoms with Crippen molar-refractivity contribution in [1.29, 1.82) is 5.26 Å². The van der Waals surface area contributed by atoms with E-state index in [0.29, 0.717) is 28.5 Å². The van der Waals surface area contributed by atoms with Crippen LogP contribution in [0.1, 0.15) is 31.2 Å². The highest BCUT2D eigenvalue weighted by Crippen LogP contribution is 2.30. The summed E-state index contributed by atoms with van der Waals surface area (Å²) >= 11 is 0. The normalized spacial score (nSPS) is 25.5. The molecule has 0 spiro atoms. The molecule has 3 heterocycles. The number of aromatic nitrogens is 3. The molecule has 2 aromatic heterocycles. The first-order valence-corrected chi connectivity index (χ1v) is 8.56. The molecule has 1 saturated carbocycles. The zero-order valence-corrected chi connectivity index (χ0v) is 13.6. The Morgan fingerprint density at radius 1 is 1.21 bits per heavy atom. The van der Waals surface area contributed by atoms with Crippen molar-refractivity contribution in [2.45, 2.75) is 37.8 Å². The zero-order valence-electron chi connectivity index (χ0n) is 13.6. The molecule has 7 heteroatoms. The van der Waals surface area contributed by atoms with Gasteiger partial charge in [-0.2, -0.15) is 5.26 Å². The number of rotatable bonds is 3. The summed E-state index contributed by atoms with van der Waals surface area (Å²) in [5.41, 5.74) is 1.18. The summed E-state index contributed by atoms with van der Waals surface area (Å²) in [5, 5.41) is 9.93. The standard InChI is InChI=1S/C17H21N5O2/c18-9-12-10-19-16-15(12)17(21-11-20-16)24-14-3-1-13(2-4-14)22-5-7-23-8-6-22/h10-11,13-14H,1-8H2,(H,19,20,21). The van der Waals surface area contributed by atoms with Crippen LogP contribution in [0.25, 0.3) is 11.0 Å². The Bertz CT molecular complexity index is 739. The minimum atomic E-state index is 0.154. The summed E-state index contributed by atoms with van der Waals surface area (Å²) in [4.78, 5) is 14.0. The van der Waals surface area contributed by atoms with Crippen LogP contribution in [0.3, 0.4) is 0 Å². The zero-order chi connectivity index (χ0) is 16.4. The van der Waals surface area contributed by atoms with Gasteiger partial charge in [0.05, 0.1) is 24.2 Å². The van der Waals surface area contributed by atoms with Gasteiger partial charge in [-0.1, -0.05) is 0 Å². The van der Waals surface area contributed by atoms with E-state index in [0.717, 1.165) is 52.0 Å². The molecule has 1 saturated heterocycles. The smallest absolute Gasteiger partial charge is 0.227 e. The van der Waals surface area contributed by atoms with Crippen LogP contribution in [-0.2, 0) is 4.74 Å². The Kier molecular flexibility index (Phi) is 4.32. The molecule has 0 atom stereocenters. The molecule has 1 aliphatic carbocycles. The number of H-pyrrole nitrogens is 1. The monoisotopic (exact) mass is 327 g/mol. The van der Waals surface area contributed by atoms with Crippen LogP contribution in [0.2, 0.25) is 0 Å². The first-order valence-electron chi connectivity index (χ1n) is 8.56. The molecule has 24 heavy (non-hydrogen) atoms. The highest BCUT2D eigenvalue weighted by Gasteiger charge is 2.28. The Morgan fingerprint density at radius 3 is 2.75 bits per heavy atom. The lowest BCUT2D eigenvalue weighted by Crippen LogP contribution is -2.46. The molecule has 7 nitrogen and oxygen atoms in total. The van der Waals surface area contributed by atoms with Gasteiger partial charge in [-0.15, -0.1) is 0 Å². The van der Waals surface area contributed by atoms with Gasteiger partial charge < -0.3 is 14.5 Å². The third-order valence-corrected chi connectivity index (χ3v) is 5.04. The van der Waals surface area contributed by atoms with Crippen LogP contribution in [0, 0.1) is 11.3 Å². The highest BCUT2D eigenvalue weighted by molar-refractivity contribution is 5.87. The molecule has 0 aromatic carbocycles. The largest absolute Gasteiger partial charge is 0.474 e. The van der Waals surface area contributed by atoms with Gasteiger partial charge in [-0.05, 0) is 25.7 Å². The maximum atomic E-state index is 9.24. The van der Waals surface area contributed by atoms with E-state index in [1.807, 2.05) is 0 Å². The van der Waals surface area contributed by atoms with Gasteiger partial charge in [0.2, 0.25) is 5.88 Å². The van der Waals surface area contributed by atoms with Crippen LogP contribution in [0.5, 0.6) is 5.88 Å². The molecule has 4 rings (SSSR count). The molecule has 2 aliphatic rings. The summed E-state index contributed by atoms with van der Waals surface area (Å²) < 4.78 is 11.6. The fraction of sp³-hybridized carbons (Fsp3) is 0.588.